The Kier molecular flexibility index (Phi) is 4.74. The predicted molar refractivity (Wildman–Crippen MR) is 96.5 cm³/mol. The van der Waals surface area contributed by atoms with Gasteiger partial charge in [0, 0.05) is 17.3 Å². The van der Waals surface area contributed by atoms with Crippen LogP contribution in [0.25, 0.3) is 0 Å². The minimum atomic E-state index is -3.51. The quantitative estimate of drug-likeness (QED) is 0.807. The molecule has 23 heavy (non-hydrogen) atoms. The summed E-state index contributed by atoms with van der Waals surface area (Å²) in [6.45, 7) is 4.33. The number of hydrogen-bond acceptors (Lipinski definition) is 3. The van der Waals surface area contributed by atoms with Crippen molar-refractivity contribution in [1.29, 1.82) is 0 Å². The third kappa shape index (κ3) is 3.29. The summed E-state index contributed by atoms with van der Waals surface area (Å²) < 4.78 is 27.8. The number of hydrogen-bond donors (Lipinski definition) is 0. The molecule has 1 heterocycles. The third-order valence-corrected chi connectivity index (χ3v) is 7.59. The fourth-order valence-electron chi connectivity index (χ4n) is 2.81. The van der Waals surface area contributed by atoms with E-state index in [1.807, 2.05) is 38.1 Å². The number of benzene rings is 2. The highest BCUT2D eigenvalue weighted by Crippen LogP contribution is 2.42. The lowest BCUT2D eigenvalue weighted by molar-refractivity contribution is 0.434. The molecule has 1 fully saturated rings. The molecule has 1 atom stereocenters. The van der Waals surface area contributed by atoms with Gasteiger partial charge in [-0.1, -0.05) is 41.4 Å². The minimum absolute atomic E-state index is 0.196. The summed E-state index contributed by atoms with van der Waals surface area (Å²) in [6, 6.07) is 12.9. The van der Waals surface area contributed by atoms with E-state index in [4.69, 9.17) is 11.6 Å². The monoisotopic (exact) mass is 367 g/mol. The molecular formula is C17H18ClNO2S2. The molecule has 1 aliphatic heterocycles. The third-order valence-electron chi connectivity index (χ3n) is 3.92. The normalized spacial score (nSPS) is 19.2. The second-order valence-corrected chi connectivity index (χ2v) is 9.14. The lowest BCUT2D eigenvalue weighted by Crippen LogP contribution is -2.31. The number of sulfonamides is 1. The molecular weight excluding hydrogens is 350 g/mol. The lowest BCUT2D eigenvalue weighted by Gasteiger charge is -2.24. The van der Waals surface area contributed by atoms with Gasteiger partial charge in [0.15, 0.2) is 0 Å². The molecule has 1 saturated heterocycles. The van der Waals surface area contributed by atoms with Crippen LogP contribution in [-0.2, 0) is 10.0 Å². The summed E-state index contributed by atoms with van der Waals surface area (Å²) in [6.07, 6.45) is 0. The number of aryl methyl sites for hydroxylation is 2. The minimum Gasteiger partial charge on any atom is -0.207 e. The topological polar surface area (TPSA) is 37.4 Å². The molecule has 0 amide bonds. The van der Waals surface area contributed by atoms with E-state index < -0.39 is 10.0 Å². The van der Waals surface area contributed by atoms with Crippen LogP contribution in [0.3, 0.4) is 0 Å². The fourth-order valence-corrected chi connectivity index (χ4v) is 6.38. The SMILES string of the molecule is Cc1ccc(S(=O)(=O)N2CCS[C@H]2c2ccc(Cl)cc2)c(C)c1. The van der Waals surface area contributed by atoms with Gasteiger partial charge >= 0.3 is 0 Å². The maximum atomic E-state index is 13.1. The summed E-state index contributed by atoms with van der Waals surface area (Å²) in [5.74, 6) is 0.789. The van der Waals surface area contributed by atoms with Crippen LogP contribution in [0.15, 0.2) is 47.4 Å². The van der Waals surface area contributed by atoms with Crippen molar-refractivity contribution in [2.75, 3.05) is 12.3 Å². The van der Waals surface area contributed by atoms with Crippen molar-refractivity contribution in [3.8, 4) is 0 Å². The zero-order valence-corrected chi connectivity index (χ0v) is 15.4. The second kappa shape index (κ2) is 6.48. The molecule has 0 radical (unpaired) electrons. The highest BCUT2D eigenvalue weighted by Gasteiger charge is 2.37. The molecule has 0 aromatic heterocycles. The van der Waals surface area contributed by atoms with E-state index in [0.29, 0.717) is 16.5 Å². The van der Waals surface area contributed by atoms with E-state index in [9.17, 15) is 8.42 Å². The van der Waals surface area contributed by atoms with Crippen molar-refractivity contribution in [1.82, 2.24) is 4.31 Å². The highest BCUT2D eigenvalue weighted by atomic mass is 35.5. The van der Waals surface area contributed by atoms with E-state index in [2.05, 4.69) is 0 Å². The van der Waals surface area contributed by atoms with Gasteiger partial charge in [0.25, 0.3) is 0 Å². The first-order valence-electron chi connectivity index (χ1n) is 7.36. The van der Waals surface area contributed by atoms with Gasteiger partial charge in [-0.25, -0.2) is 8.42 Å². The molecule has 6 heteroatoms. The zero-order valence-electron chi connectivity index (χ0n) is 13.0. The van der Waals surface area contributed by atoms with Gasteiger partial charge in [-0.15, -0.1) is 11.8 Å². The van der Waals surface area contributed by atoms with Gasteiger partial charge in [0.05, 0.1) is 10.3 Å². The number of nitrogens with zero attached hydrogens (tertiary/aromatic N) is 1. The molecule has 0 saturated carbocycles. The molecule has 0 unspecified atom stereocenters. The number of halogens is 1. The van der Waals surface area contributed by atoms with E-state index >= 15 is 0 Å². The van der Waals surface area contributed by atoms with E-state index in [-0.39, 0.29) is 5.37 Å². The molecule has 2 aromatic carbocycles. The molecule has 3 nitrogen and oxygen atoms in total. The first kappa shape index (κ1) is 16.8. The Bertz CT molecular complexity index is 819. The van der Waals surface area contributed by atoms with Gasteiger partial charge in [0.1, 0.15) is 0 Å². The van der Waals surface area contributed by atoms with Crippen LogP contribution in [0.2, 0.25) is 5.02 Å². The Morgan fingerprint density at radius 2 is 1.83 bits per heavy atom. The van der Waals surface area contributed by atoms with Crippen molar-refractivity contribution in [3.63, 3.8) is 0 Å². The van der Waals surface area contributed by atoms with Crippen LogP contribution >= 0.6 is 23.4 Å². The Balaban J connectivity index is 1.99. The average Bonchev–Trinajstić information content (AvgIpc) is 2.98. The summed E-state index contributed by atoms with van der Waals surface area (Å²) in [4.78, 5) is 0.393. The standard InChI is InChI=1S/C17H18ClNO2S2/c1-12-3-8-16(13(2)11-12)23(20,21)19-9-10-22-17(19)14-4-6-15(18)7-5-14/h3-8,11,17H,9-10H2,1-2H3/t17-/m0/s1. The largest absolute Gasteiger partial charge is 0.244 e. The smallest absolute Gasteiger partial charge is 0.207 e. The fraction of sp³-hybridized carbons (Fsp3) is 0.294. The Morgan fingerprint density at radius 1 is 1.13 bits per heavy atom. The van der Waals surface area contributed by atoms with Crippen LogP contribution in [0, 0.1) is 13.8 Å². The summed E-state index contributed by atoms with van der Waals surface area (Å²) in [5, 5.41) is 0.457. The second-order valence-electron chi connectivity index (χ2n) is 5.66. The van der Waals surface area contributed by atoms with Crippen molar-refractivity contribution in [2.24, 2.45) is 0 Å². The van der Waals surface area contributed by atoms with Crippen molar-refractivity contribution >= 4 is 33.4 Å². The lowest BCUT2D eigenvalue weighted by atomic mass is 10.2. The van der Waals surface area contributed by atoms with Gasteiger partial charge in [0.2, 0.25) is 10.0 Å². The first-order valence-corrected chi connectivity index (χ1v) is 10.2. The molecule has 0 spiro atoms. The van der Waals surface area contributed by atoms with Crippen LogP contribution in [-0.4, -0.2) is 25.0 Å². The summed E-state index contributed by atoms with van der Waals surface area (Å²) in [5.41, 5.74) is 2.81. The molecule has 2 aromatic rings. The maximum absolute atomic E-state index is 13.1. The maximum Gasteiger partial charge on any atom is 0.244 e. The van der Waals surface area contributed by atoms with Gasteiger partial charge in [-0.3, -0.25) is 0 Å². The van der Waals surface area contributed by atoms with Gasteiger partial charge in [-0.2, -0.15) is 4.31 Å². The molecule has 0 bridgehead atoms. The molecule has 0 aliphatic carbocycles. The van der Waals surface area contributed by atoms with E-state index in [0.717, 1.165) is 22.4 Å². The Hall–Kier alpha value is -1.01. The Morgan fingerprint density at radius 3 is 2.48 bits per heavy atom. The highest BCUT2D eigenvalue weighted by molar-refractivity contribution is 8.01. The molecule has 3 rings (SSSR count). The van der Waals surface area contributed by atoms with Gasteiger partial charge in [-0.05, 0) is 43.2 Å². The van der Waals surface area contributed by atoms with E-state index in [1.54, 1.807) is 34.3 Å². The molecule has 122 valence electrons. The molecule has 0 N–H and O–H groups in total. The van der Waals surface area contributed by atoms with E-state index in [1.165, 1.54) is 0 Å². The summed E-state index contributed by atoms with van der Waals surface area (Å²) >= 11 is 7.58. The van der Waals surface area contributed by atoms with Crippen LogP contribution in [0.1, 0.15) is 22.1 Å². The molecule has 1 aliphatic rings. The van der Waals surface area contributed by atoms with Crippen molar-refractivity contribution in [3.05, 3.63) is 64.2 Å². The summed E-state index contributed by atoms with van der Waals surface area (Å²) in [7, 11) is -3.51. The zero-order chi connectivity index (χ0) is 16.6. The van der Waals surface area contributed by atoms with Crippen LogP contribution in [0.5, 0.6) is 0 Å². The van der Waals surface area contributed by atoms with Gasteiger partial charge < -0.3 is 0 Å². The first-order chi connectivity index (χ1) is 10.9. The van der Waals surface area contributed by atoms with Crippen LogP contribution in [0.4, 0.5) is 0 Å². The number of thioether (sulfide) groups is 1. The Labute approximate surface area is 146 Å². The number of rotatable bonds is 3. The predicted octanol–water partition coefficient (Wildman–Crippen LogP) is 4.39. The average molecular weight is 368 g/mol. The van der Waals surface area contributed by atoms with Crippen LogP contribution < -0.4 is 0 Å². The van der Waals surface area contributed by atoms with Crippen molar-refractivity contribution in [2.45, 2.75) is 24.1 Å². The van der Waals surface area contributed by atoms with Crippen molar-refractivity contribution < 1.29 is 8.42 Å².